The van der Waals surface area contributed by atoms with E-state index in [1.807, 2.05) is 6.20 Å². The number of thiazole rings is 1. The van der Waals surface area contributed by atoms with Crippen molar-refractivity contribution in [1.29, 1.82) is 0 Å². The molecule has 1 aliphatic rings. The van der Waals surface area contributed by atoms with Crippen LogP contribution in [0.1, 0.15) is 31.6 Å². The summed E-state index contributed by atoms with van der Waals surface area (Å²) >= 11 is 1.70. The molecule has 0 aromatic carbocycles. The van der Waals surface area contributed by atoms with Crippen molar-refractivity contribution in [1.82, 2.24) is 15.6 Å². The van der Waals surface area contributed by atoms with Crippen LogP contribution >= 0.6 is 11.3 Å². The summed E-state index contributed by atoms with van der Waals surface area (Å²) < 4.78 is 0. The van der Waals surface area contributed by atoms with Crippen molar-refractivity contribution in [3.05, 3.63) is 11.1 Å². The molecule has 1 aromatic heterocycles. The van der Waals surface area contributed by atoms with Gasteiger partial charge in [-0.15, -0.1) is 11.3 Å². The lowest BCUT2D eigenvalue weighted by Gasteiger charge is -2.22. The first kappa shape index (κ1) is 14.3. The van der Waals surface area contributed by atoms with Crippen molar-refractivity contribution in [3.63, 3.8) is 0 Å². The Morgan fingerprint density at radius 2 is 2.32 bits per heavy atom. The van der Waals surface area contributed by atoms with Crippen LogP contribution in [0.3, 0.4) is 0 Å². The Morgan fingerprint density at radius 1 is 1.53 bits per heavy atom. The van der Waals surface area contributed by atoms with Gasteiger partial charge in [0.1, 0.15) is 0 Å². The molecule has 1 aromatic rings. The van der Waals surface area contributed by atoms with Crippen LogP contribution in [0.25, 0.3) is 0 Å². The van der Waals surface area contributed by atoms with E-state index in [0.29, 0.717) is 0 Å². The predicted octanol–water partition coefficient (Wildman–Crippen LogP) is 1.36. The Balaban J connectivity index is 1.87. The lowest BCUT2D eigenvalue weighted by Crippen LogP contribution is -2.47. The van der Waals surface area contributed by atoms with E-state index < -0.39 is 0 Å². The molecule has 0 spiro atoms. The molecule has 1 saturated heterocycles. The first-order valence-electron chi connectivity index (χ1n) is 6.95. The molecule has 0 saturated carbocycles. The summed E-state index contributed by atoms with van der Waals surface area (Å²) in [6.45, 7) is 7.74. The molecule has 5 nitrogen and oxygen atoms in total. The van der Waals surface area contributed by atoms with Gasteiger partial charge in [-0.3, -0.25) is 4.79 Å². The summed E-state index contributed by atoms with van der Waals surface area (Å²) in [6.07, 6.45) is 3.89. The number of piperidine rings is 1. The molecule has 0 aliphatic carbocycles. The molecule has 106 valence electrons. The standard InChI is InChI=1S/C13H22N4OS/c1-3-17(4-2)13-16-9-10(19-13)8-15-11-6-5-7-14-12(11)18/h9,11,15H,3-8H2,1-2H3,(H,14,18)/t11-/m0/s1. The summed E-state index contributed by atoms with van der Waals surface area (Å²) in [7, 11) is 0. The number of rotatable bonds is 6. The molecule has 0 bridgehead atoms. The van der Waals surface area contributed by atoms with E-state index in [4.69, 9.17) is 0 Å². The molecular formula is C13H22N4OS. The van der Waals surface area contributed by atoms with Crippen molar-refractivity contribution in [3.8, 4) is 0 Å². The minimum absolute atomic E-state index is 0.0484. The number of nitrogens with one attached hydrogen (secondary N) is 2. The van der Waals surface area contributed by atoms with Gasteiger partial charge in [0.15, 0.2) is 5.13 Å². The third-order valence-electron chi connectivity index (χ3n) is 3.38. The van der Waals surface area contributed by atoms with Crippen molar-refractivity contribution < 1.29 is 4.79 Å². The highest BCUT2D eigenvalue weighted by Crippen LogP contribution is 2.22. The van der Waals surface area contributed by atoms with Crippen LogP contribution < -0.4 is 15.5 Å². The number of amides is 1. The van der Waals surface area contributed by atoms with Crippen molar-refractivity contribution in [2.24, 2.45) is 0 Å². The number of anilines is 1. The average molecular weight is 282 g/mol. The summed E-state index contributed by atoms with van der Waals surface area (Å²) in [5, 5.41) is 7.27. The molecule has 2 N–H and O–H groups in total. The molecule has 6 heteroatoms. The van der Waals surface area contributed by atoms with E-state index in [1.54, 1.807) is 11.3 Å². The van der Waals surface area contributed by atoms with Gasteiger partial charge < -0.3 is 15.5 Å². The molecule has 2 rings (SSSR count). The molecule has 1 fully saturated rings. The van der Waals surface area contributed by atoms with Crippen LogP contribution in [-0.2, 0) is 11.3 Å². The smallest absolute Gasteiger partial charge is 0.237 e. The third-order valence-corrected chi connectivity index (χ3v) is 4.44. The number of nitrogens with zero attached hydrogens (tertiary/aromatic N) is 2. The number of hydrogen-bond acceptors (Lipinski definition) is 5. The van der Waals surface area contributed by atoms with Crippen molar-refractivity contribution in [2.45, 2.75) is 39.3 Å². The molecule has 1 amide bonds. The Labute approximate surface area is 118 Å². The second-order valence-electron chi connectivity index (χ2n) is 4.65. The van der Waals surface area contributed by atoms with Gasteiger partial charge in [0, 0.05) is 37.3 Å². The molecule has 0 unspecified atom stereocenters. The van der Waals surface area contributed by atoms with Gasteiger partial charge in [-0.05, 0) is 26.7 Å². The molecule has 0 radical (unpaired) electrons. The van der Waals surface area contributed by atoms with Gasteiger partial charge in [-0.1, -0.05) is 0 Å². The fourth-order valence-electron chi connectivity index (χ4n) is 2.21. The Hall–Kier alpha value is -1.14. The zero-order valence-corrected chi connectivity index (χ0v) is 12.4. The van der Waals surface area contributed by atoms with Crippen LogP contribution in [0.4, 0.5) is 5.13 Å². The predicted molar refractivity (Wildman–Crippen MR) is 78.5 cm³/mol. The quantitative estimate of drug-likeness (QED) is 0.827. The van der Waals surface area contributed by atoms with Gasteiger partial charge in [0.2, 0.25) is 5.91 Å². The Kier molecular flexibility index (Phi) is 5.15. The first-order chi connectivity index (χ1) is 9.24. The molecule has 19 heavy (non-hydrogen) atoms. The van der Waals surface area contributed by atoms with Crippen LogP contribution in [0.5, 0.6) is 0 Å². The van der Waals surface area contributed by atoms with Gasteiger partial charge in [-0.2, -0.15) is 0 Å². The van der Waals surface area contributed by atoms with E-state index in [-0.39, 0.29) is 11.9 Å². The Morgan fingerprint density at radius 3 is 3.00 bits per heavy atom. The van der Waals surface area contributed by atoms with Crippen molar-refractivity contribution >= 4 is 22.4 Å². The normalized spacial score (nSPS) is 19.3. The lowest BCUT2D eigenvalue weighted by molar-refractivity contribution is -0.124. The van der Waals surface area contributed by atoms with Crippen molar-refractivity contribution in [2.75, 3.05) is 24.5 Å². The van der Waals surface area contributed by atoms with E-state index in [0.717, 1.165) is 44.2 Å². The number of carbonyl (C=O) groups excluding carboxylic acids is 1. The summed E-state index contributed by atoms with van der Waals surface area (Å²) in [5.74, 6) is 0.125. The molecule has 2 heterocycles. The van der Waals surface area contributed by atoms with E-state index >= 15 is 0 Å². The fraction of sp³-hybridized carbons (Fsp3) is 0.692. The molecular weight excluding hydrogens is 260 g/mol. The van der Waals surface area contributed by atoms with Crippen LogP contribution in [0.2, 0.25) is 0 Å². The van der Waals surface area contributed by atoms with Gasteiger partial charge in [0.25, 0.3) is 0 Å². The maximum Gasteiger partial charge on any atom is 0.237 e. The highest BCUT2D eigenvalue weighted by molar-refractivity contribution is 7.15. The minimum Gasteiger partial charge on any atom is -0.355 e. The van der Waals surface area contributed by atoms with Crippen LogP contribution in [-0.4, -0.2) is 36.6 Å². The Bertz CT molecular complexity index is 417. The summed E-state index contributed by atoms with van der Waals surface area (Å²) in [6, 6.07) is -0.0484. The number of hydrogen-bond donors (Lipinski definition) is 2. The van der Waals surface area contributed by atoms with Crippen LogP contribution in [0.15, 0.2) is 6.20 Å². The second-order valence-corrected chi connectivity index (χ2v) is 5.74. The first-order valence-corrected chi connectivity index (χ1v) is 7.77. The molecule has 1 atom stereocenters. The fourth-order valence-corrected chi connectivity index (χ4v) is 3.20. The highest BCUT2D eigenvalue weighted by atomic mass is 32.1. The second kappa shape index (κ2) is 6.86. The maximum absolute atomic E-state index is 11.6. The largest absolute Gasteiger partial charge is 0.355 e. The van der Waals surface area contributed by atoms with Gasteiger partial charge in [0.05, 0.1) is 6.04 Å². The molecule has 1 aliphatic heterocycles. The summed E-state index contributed by atoms with van der Waals surface area (Å²) in [5.41, 5.74) is 0. The van der Waals surface area contributed by atoms with E-state index in [2.05, 4.69) is 34.4 Å². The third kappa shape index (κ3) is 3.67. The van der Waals surface area contributed by atoms with E-state index in [1.165, 1.54) is 4.88 Å². The minimum atomic E-state index is -0.0484. The summed E-state index contributed by atoms with van der Waals surface area (Å²) in [4.78, 5) is 19.5. The zero-order chi connectivity index (χ0) is 13.7. The number of aromatic nitrogens is 1. The zero-order valence-electron chi connectivity index (χ0n) is 11.6. The van der Waals surface area contributed by atoms with Crippen LogP contribution in [0, 0.1) is 0 Å². The highest BCUT2D eigenvalue weighted by Gasteiger charge is 2.21. The van der Waals surface area contributed by atoms with Gasteiger partial charge >= 0.3 is 0 Å². The number of carbonyl (C=O) groups is 1. The van der Waals surface area contributed by atoms with E-state index in [9.17, 15) is 4.79 Å². The maximum atomic E-state index is 11.6. The SMILES string of the molecule is CCN(CC)c1ncc(CN[C@H]2CCCNC2=O)s1. The average Bonchev–Trinajstić information content (AvgIpc) is 2.88. The topological polar surface area (TPSA) is 57.3 Å². The lowest BCUT2D eigenvalue weighted by atomic mass is 10.1. The van der Waals surface area contributed by atoms with Gasteiger partial charge in [-0.25, -0.2) is 4.98 Å². The monoisotopic (exact) mass is 282 g/mol.